The van der Waals surface area contributed by atoms with E-state index in [2.05, 4.69) is 30.4 Å². The van der Waals surface area contributed by atoms with E-state index >= 15 is 0 Å². The van der Waals surface area contributed by atoms with Crippen molar-refractivity contribution in [1.82, 2.24) is 30.4 Å². The zero-order valence-electron chi connectivity index (χ0n) is 11.6. The molecule has 4 N–H and O–H groups in total. The first-order valence-electron chi connectivity index (χ1n) is 6.42. The van der Waals surface area contributed by atoms with Crippen LogP contribution in [0.3, 0.4) is 0 Å². The Hall–Kier alpha value is -2.17. The van der Waals surface area contributed by atoms with Gasteiger partial charge in [-0.1, -0.05) is 11.6 Å². The van der Waals surface area contributed by atoms with Gasteiger partial charge in [0.25, 0.3) is 0 Å². The Labute approximate surface area is 145 Å². The average molecular weight is 371 g/mol. The lowest BCUT2D eigenvalue weighted by Crippen LogP contribution is -2.00. The fraction of sp³-hybridized carbons (Fsp3) is 0.167. The summed E-state index contributed by atoms with van der Waals surface area (Å²) in [5.41, 5.74) is 0. The molecule has 0 aliphatic heterocycles. The van der Waals surface area contributed by atoms with Crippen LogP contribution in [-0.2, 0) is 13.2 Å². The summed E-state index contributed by atoms with van der Waals surface area (Å²) in [5.74, 6) is 2.28. The van der Waals surface area contributed by atoms with E-state index < -0.39 is 0 Å². The lowest BCUT2D eigenvalue weighted by molar-refractivity contribution is 0.288. The van der Waals surface area contributed by atoms with Gasteiger partial charge in [-0.15, -0.1) is 0 Å². The van der Waals surface area contributed by atoms with Crippen LogP contribution in [0.1, 0.15) is 11.6 Å². The molecule has 3 rings (SSSR count). The Morgan fingerprint density at radius 2 is 1.52 bits per heavy atom. The number of benzene rings is 1. The molecular formula is C12H11ClN6O2S2. The third kappa shape index (κ3) is 4.18. The van der Waals surface area contributed by atoms with E-state index in [-0.39, 0.29) is 13.2 Å². The minimum absolute atomic E-state index is 0.219. The minimum atomic E-state index is 0.219. The largest absolute Gasteiger partial charge is 0.486 e. The summed E-state index contributed by atoms with van der Waals surface area (Å²) in [6.45, 7) is 0.463. The maximum atomic E-state index is 6.18. The monoisotopic (exact) mass is 370 g/mol. The number of aromatic nitrogens is 6. The van der Waals surface area contributed by atoms with Crippen LogP contribution in [0, 0.1) is 9.54 Å². The van der Waals surface area contributed by atoms with Gasteiger partial charge in [0.1, 0.15) is 24.7 Å². The van der Waals surface area contributed by atoms with Gasteiger partial charge in [0.15, 0.2) is 11.6 Å². The first-order chi connectivity index (χ1) is 11.1. The van der Waals surface area contributed by atoms with E-state index in [0.717, 1.165) is 0 Å². The number of ether oxygens (including phenoxy) is 2. The molecule has 8 nitrogen and oxygen atoms in total. The Morgan fingerprint density at radius 3 is 2.04 bits per heavy atom. The Kier molecular flexibility index (Phi) is 4.74. The summed E-state index contributed by atoms with van der Waals surface area (Å²) in [5, 5.41) is 11.4. The lowest BCUT2D eigenvalue weighted by atomic mass is 10.3. The number of nitrogens with one attached hydrogen (secondary N) is 4. The van der Waals surface area contributed by atoms with E-state index in [1.54, 1.807) is 18.2 Å². The third-order valence-electron chi connectivity index (χ3n) is 2.74. The molecule has 11 heteroatoms. The second-order valence-electron chi connectivity index (χ2n) is 4.40. The molecule has 0 unspecified atom stereocenters. The Bertz CT molecular complexity index is 914. The smallest absolute Gasteiger partial charge is 0.213 e. The summed E-state index contributed by atoms with van der Waals surface area (Å²) in [6, 6.07) is 5.12. The summed E-state index contributed by atoms with van der Waals surface area (Å²) in [4.78, 5) is 8.06. The van der Waals surface area contributed by atoms with Crippen molar-refractivity contribution in [1.29, 1.82) is 0 Å². The Morgan fingerprint density at radius 1 is 0.913 bits per heavy atom. The summed E-state index contributed by atoms with van der Waals surface area (Å²) in [6.07, 6.45) is 0. The maximum absolute atomic E-state index is 6.18. The highest BCUT2D eigenvalue weighted by Gasteiger charge is 2.06. The van der Waals surface area contributed by atoms with Crippen molar-refractivity contribution in [3.63, 3.8) is 0 Å². The summed E-state index contributed by atoms with van der Waals surface area (Å²) >= 11 is 15.9. The van der Waals surface area contributed by atoms with Crippen molar-refractivity contribution in [2.45, 2.75) is 13.2 Å². The van der Waals surface area contributed by atoms with Crippen LogP contribution in [0.2, 0.25) is 5.02 Å². The standard InChI is InChI=1S/C12H11ClN6O2S2/c13-7-3-6(20-4-9-14-11(22)18-16-9)1-2-8(7)21-5-10-15-12(23)19-17-10/h1-3H,4-5H2,(H2,14,16,18,22)(H2,15,17,19,23). The van der Waals surface area contributed by atoms with E-state index in [1.165, 1.54) is 0 Å². The Balaban J connectivity index is 1.60. The van der Waals surface area contributed by atoms with Crippen LogP contribution in [0.25, 0.3) is 0 Å². The number of hydrogen-bond donors (Lipinski definition) is 4. The molecule has 2 heterocycles. The van der Waals surface area contributed by atoms with Gasteiger partial charge in [-0.05, 0) is 36.6 Å². The third-order valence-corrected chi connectivity index (χ3v) is 3.43. The first-order valence-corrected chi connectivity index (χ1v) is 7.62. The molecule has 0 amide bonds. The molecular weight excluding hydrogens is 360 g/mol. The molecule has 0 saturated heterocycles. The van der Waals surface area contributed by atoms with E-state index in [4.69, 9.17) is 45.5 Å². The molecule has 0 spiro atoms. The van der Waals surface area contributed by atoms with Crippen molar-refractivity contribution in [2.24, 2.45) is 0 Å². The molecule has 0 radical (unpaired) electrons. The van der Waals surface area contributed by atoms with Gasteiger partial charge in [-0.25, -0.2) is 9.97 Å². The highest BCUT2D eigenvalue weighted by atomic mass is 35.5. The molecule has 2 aromatic heterocycles. The predicted octanol–water partition coefficient (Wildman–Crippen LogP) is 3.06. The second-order valence-corrected chi connectivity index (χ2v) is 5.58. The van der Waals surface area contributed by atoms with Gasteiger partial charge in [-0.3, -0.25) is 20.4 Å². The molecule has 1 aromatic carbocycles. The number of rotatable bonds is 6. The second kappa shape index (κ2) is 6.94. The molecule has 0 bridgehead atoms. The minimum Gasteiger partial charge on any atom is -0.486 e. The molecule has 23 heavy (non-hydrogen) atoms. The van der Waals surface area contributed by atoms with Crippen LogP contribution >= 0.6 is 36.0 Å². The van der Waals surface area contributed by atoms with Crippen molar-refractivity contribution in [3.05, 3.63) is 44.4 Å². The topological polar surface area (TPSA) is 107 Å². The lowest BCUT2D eigenvalue weighted by Gasteiger charge is -2.09. The van der Waals surface area contributed by atoms with E-state index in [1.807, 2.05) is 0 Å². The first kappa shape index (κ1) is 15.7. The molecule has 3 aromatic rings. The van der Waals surface area contributed by atoms with Crippen molar-refractivity contribution >= 4 is 36.0 Å². The zero-order chi connectivity index (χ0) is 16.2. The van der Waals surface area contributed by atoms with Crippen LogP contribution in [0.15, 0.2) is 18.2 Å². The molecule has 0 saturated carbocycles. The number of nitrogens with zero attached hydrogens (tertiary/aromatic N) is 2. The van der Waals surface area contributed by atoms with E-state index in [0.29, 0.717) is 37.7 Å². The summed E-state index contributed by atoms with van der Waals surface area (Å²) < 4.78 is 11.9. The van der Waals surface area contributed by atoms with Gasteiger partial charge < -0.3 is 9.47 Å². The molecule has 120 valence electrons. The van der Waals surface area contributed by atoms with Gasteiger partial charge >= 0.3 is 0 Å². The van der Waals surface area contributed by atoms with Crippen LogP contribution in [-0.4, -0.2) is 30.4 Å². The highest BCUT2D eigenvalue weighted by Crippen LogP contribution is 2.29. The quantitative estimate of drug-likeness (QED) is 0.497. The van der Waals surface area contributed by atoms with E-state index in [9.17, 15) is 0 Å². The average Bonchev–Trinajstić information content (AvgIpc) is 3.12. The maximum Gasteiger partial charge on any atom is 0.213 e. The number of hydrogen-bond acceptors (Lipinski definition) is 6. The van der Waals surface area contributed by atoms with Crippen LogP contribution < -0.4 is 9.47 Å². The summed E-state index contributed by atoms with van der Waals surface area (Å²) in [7, 11) is 0. The van der Waals surface area contributed by atoms with Crippen molar-refractivity contribution < 1.29 is 9.47 Å². The van der Waals surface area contributed by atoms with Crippen molar-refractivity contribution in [3.8, 4) is 11.5 Å². The SMILES string of the molecule is S=c1nc(COc2ccc(OCc3nc(=S)[nH][nH]3)c(Cl)c2)[nH][nH]1. The van der Waals surface area contributed by atoms with Gasteiger partial charge in [0.05, 0.1) is 5.02 Å². The van der Waals surface area contributed by atoms with Crippen LogP contribution in [0.4, 0.5) is 0 Å². The number of halogens is 1. The fourth-order valence-corrected chi connectivity index (χ4v) is 2.28. The van der Waals surface area contributed by atoms with Gasteiger partial charge in [-0.2, -0.15) is 0 Å². The highest BCUT2D eigenvalue weighted by molar-refractivity contribution is 7.71. The molecule has 0 aliphatic rings. The van der Waals surface area contributed by atoms with Crippen molar-refractivity contribution in [2.75, 3.05) is 0 Å². The fourth-order valence-electron chi connectivity index (χ4n) is 1.73. The number of H-pyrrole nitrogens is 4. The zero-order valence-corrected chi connectivity index (χ0v) is 13.9. The molecule has 0 aliphatic carbocycles. The van der Waals surface area contributed by atoms with Gasteiger partial charge in [0.2, 0.25) is 9.54 Å². The molecule has 0 atom stereocenters. The number of aromatic amines is 4. The van der Waals surface area contributed by atoms with Gasteiger partial charge in [0, 0.05) is 6.07 Å². The normalized spacial score (nSPS) is 10.7. The predicted molar refractivity (Wildman–Crippen MR) is 87.7 cm³/mol. The van der Waals surface area contributed by atoms with Crippen LogP contribution in [0.5, 0.6) is 11.5 Å². The molecule has 0 fully saturated rings.